The Morgan fingerprint density at radius 2 is 1.72 bits per heavy atom. The molecule has 2 aromatic carbocycles. The number of hydrogen-bond donors (Lipinski definition) is 0. The zero-order valence-electron chi connectivity index (χ0n) is 18.6. The lowest BCUT2D eigenvalue weighted by atomic mass is 10.2. The Bertz CT molecular complexity index is 893. The van der Waals surface area contributed by atoms with E-state index in [0.717, 1.165) is 23.4 Å². The predicted molar refractivity (Wildman–Crippen MR) is 124 cm³/mol. The number of rotatable bonds is 9. The van der Waals surface area contributed by atoms with Crippen LogP contribution in [-0.2, 0) is 20.9 Å². The number of esters is 1. The highest BCUT2D eigenvalue weighted by atomic mass is 32.2. The van der Waals surface area contributed by atoms with E-state index < -0.39 is 0 Å². The van der Waals surface area contributed by atoms with E-state index in [2.05, 4.69) is 4.90 Å². The minimum Gasteiger partial charge on any atom is -0.493 e. The summed E-state index contributed by atoms with van der Waals surface area (Å²) in [5.41, 5.74) is 0.973. The highest BCUT2D eigenvalue weighted by molar-refractivity contribution is 8.00. The van der Waals surface area contributed by atoms with Gasteiger partial charge in [-0.05, 0) is 30.2 Å². The van der Waals surface area contributed by atoms with E-state index in [-0.39, 0.29) is 25.0 Å². The van der Waals surface area contributed by atoms with E-state index in [0.29, 0.717) is 36.9 Å². The molecule has 1 amide bonds. The first-order valence-electron chi connectivity index (χ1n) is 10.6. The second-order valence-corrected chi connectivity index (χ2v) is 8.51. The van der Waals surface area contributed by atoms with Gasteiger partial charge in [-0.3, -0.25) is 14.5 Å². The van der Waals surface area contributed by atoms with Crippen LogP contribution < -0.4 is 9.47 Å². The Morgan fingerprint density at radius 1 is 0.938 bits per heavy atom. The van der Waals surface area contributed by atoms with Gasteiger partial charge < -0.3 is 19.1 Å². The van der Waals surface area contributed by atoms with Crippen LogP contribution >= 0.6 is 11.8 Å². The van der Waals surface area contributed by atoms with Gasteiger partial charge in [0.15, 0.2) is 11.5 Å². The van der Waals surface area contributed by atoms with Gasteiger partial charge in [0.1, 0.15) is 6.61 Å². The number of amides is 1. The molecule has 0 radical (unpaired) electrons. The maximum absolute atomic E-state index is 12.7. The van der Waals surface area contributed by atoms with Crippen molar-refractivity contribution in [1.82, 2.24) is 9.80 Å². The first-order chi connectivity index (χ1) is 15.6. The van der Waals surface area contributed by atoms with E-state index in [1.807, 2.05) is 53.4 Å². The highest BCUT2D eigenvalue weighted by Gasteiger charge is 2.21. The molecule has 0 saturated carbocycles. The topological polar surface area (TPSA) is 68.3 Å². The molecule has 0 aliphatic carbocycles. The van der Waals surface area contributed by atoms with E-state index in [9.17, 15) is 9.59 Å². The lowest BCUT2D eigenvalue weighted by molar-refractivity contribution is -0.146. The van der Waals surface area contributed by atoms with Crippen molar-refractivity contribution in [2.24, 2.45) is 0 Å². The Balaban J connectivity index is 1.42. The van der Waals surface area contributed by atoms with Crippen molar-refractivity contribution in [3.8, 4) is 11.5 Å². The Labute approximate surface area is 193 Å². The molecule has 2 aromatic rings. The van der Waals surface area contributed by atoms with Gasteiger partial charge in [-0.25, -0.2) is 0 Å². The van der Waals surface area contributed by atoms with E-state index in [4.69, 9.17) is 14.2 Å². The minimum absolute atomic E-state index is 0.0956. The number of carbonyl (C=O) groups is 2. The average Bonchev–Trinajstić information content (AvgIpc) is 3.07. The third-order valence-corrected chi connectivity index (χ3v) is 6.23. The average molecular weight is 459 g/mol. The van der Waals surface area contributed by atoms with Crippen LogP contribution in [0.1, 0.15) is 12.0 Å². The van der Waals surface area contributed by atoms with Crippen molar-refractivity contribution >= 4 is 23.6 Å². The van der Waals surface area contributed by atoms with Crippen LogP contribution in [-0.4, -0.2) is 74.4 Å². The maximum atomic E-state index is 12.7. The third-order valence-electron chi connectivity index (χ3n) is 5.25. The first kappa shape index (κ1) is 23.9. The summed E-state index contributed by atoms with van der Waals surface area (Å²) in [5.74, 6) is 1.53. The van der Waals surface area contributed by atoms with Gasteiger partial charge in [0.2, 0.25) is 5.91 Å². The van der Waals surface area contributed by atoms with E-state index in [1.165, 1.54) is 11.8 Å². The van der Waals surface area contributed by atoms with Gasteiger partial charge in [0.05, 0.1) is 26.5 Å². The Morgan fingerprint density at radius 3 is 2.47 bits per heavy atom. The number of ether oxygens (including phenoxy) is 3. The summed E-state index contributed by atoms with van der Waals surface area (Å²) in [6.45, 7) is 3.26. The van der Waals surface area contributed by atoms with Gasteiger partial charge in [-0.1, -0.05) is 30.3 Å². The predicted octanol–water partition coefficient (Wildman–Crippen LogP) is 3.07. The summed E-state index contributed by atoms with van der Waals surface area (Å²) in [5, 5.41) is 0. The number of benzene rings is 2. The number of methoxy groups -OCH3 is 2. The van der Waals surface area contributed by atoms with Crippen LogP contribution in [0.5, 0.6) is 11.5 Å². The molecule has 0 N–H and O–H groups in total. The monoisotopic (exact) mass is 458 g/mol. The van der Waals surface area contributed by atoms with Crippen molar-refractivity contribution < 1.29 is 23.8 Å². The van der Waals surface area contributed by atoms with Gasteiger partial charge in [-0.15, -0.1) is 11.8 Å². The van der Waals surface area contributed by atoms with Crippen LogP contribution in [0.15, 0.2) is 53.4 Å². The molecule has 32 heavy (non-hydrogen) atoms. The zero-order chi connectivity index (χ0) is 22.8. The summed E-state index contributed by atoms with van der Waals surface area (Å²) < 4.78 is 16.0. The fourth-order valence-corrected chi connectivity index (χ4v) is 4.31. The molecule has 1 fully saturated rings. The molecule has 8 heteroatoms. The molecule has 1 aliphatic rings. The van der Waals surface area contributed by atoms with Crippen molar-refractivity contribution in [3.63, 3.8) is 0 Å². The molecule has 172 valence electrons. The molecule has 3 rings (SSSR count). The third kappa shape index (κ3) is 7.17. The van der Waals surface area contributed by atoms with Crippen LogP contribution in [0.2, 0.25) is 0 Å². The maximum Gasteiger partial charge on any atom is 0.320 e. The van der Waals surface area contributed by atoms with E-state index >= 15 is 0 Å². The smallest absolute Gasteiger partial charge is 0.320 e. The highest BCUT2D eigenvalue weighted by Crippen LogP contribution is 2.31. The molecule has 7 nitrogen and oxygen atoms in total. The summed E-state index contributed by atoms with van der Waals surface area (Å²) in [6.07, 6.45) is 0.832. The molecular formula is C24H30N2O5S. The Hall–Kier alpha value is -2.71. The fourth-order valence-electron chi connectivity index (χ4n) is 3.49. The molecule has 1 heterocycles. The van der Waals surface area contributed by atoms with Gasteiger partial charge >= 0.3 is 5.97 Å². The second-order valence-electron chi connectivity index (χ2n) is 7.46. The quantitative estimate of drug-likeness (QED) is 0.423. The van der Waals surface area contributed by atoms with Crippen LogP contribution in [0.4, 0.5) is 0 Å². The van der Waals surface area contributed by atoms with Crippen LogP contribution in [0, 0.1) is 0 Å². The largest absolute Gasteiger partial charge is 0.493 e. The lowest BCUT2D eigenvalue weighted by Gasteiger charge is -2.21. The zero-order valence-corrected chi connectivity index (χ0v) is 19.4. The molecule has 1 saturated heterocycles. The summed E-state index contributed by atoms with van der Waals surface area (Å²) in [6, 6.07) is 15.3. The van der Waals surface area contributed by atoms with Crippen molar-refractivity contribution in [1.29, 1.82) is 0 Å². The fraction of sp³-hybridized carbons (Fsp3) is 0.417. The molecular weight excluding hydrogens is 428 g/mol. The molecule has 0 atom stereocenters. The second kappa shape index (κ2) is 12.4. The van der Waals surface area contributed by atoms with Gasteiger partial charge in [-0.2, -0.15) is 0 Å². The minimum atomic E-state index is -0.238. The summed E-state index contributed by atoms with van der Waals surface area (Å²) >= 11 is 1.48. The van der Waals surface area contributed by atoms with E-state index in [1.54, 1.807) is 14.2 Å². The standard InChI is InChI=1S/C24H30N2O5S/c1-29-21-10-9-20(15-22(21)30-2)32-18-23(27)26-12-6-11-25(13-14-26)16-24(28)31-17-19-7-4-3-5-8-19/h3-5,7-10,15H,6,11-14,16-18H2,1-2H3. The Kier molecular flexibility index (Phi) is 9.25. The SMILES string of the molecule is COc1ccc(SCC(=O)N2CCCN(CC(=O)OCc3ccccc3)CC2)cc1OC. The van der Waals surface area contributed by atoms with Crippen molar-refractivity contribution in [2.75, 3.05) is 52.7 Å². The van der Waals surface area contributed by atoms with Gasteiger partial charge in [0.25, 0.3) is 0 Å². The normalized spacial score (nSPS) is 14.5. The first-order valence-corrected chi connectivity index (χ1v) is 11.6. The molecule has 1 aliphatic heterocycles. The molecule has 0 bridgehead atoms. The van der Waals surface area contributed by atoms with Crippen LogP contribution in [0.25, 0.3) is 0 Å². The van der Waals surface area contributed by atoms with Crippen molar-refractivity contribution in [2.45, 2.75) is 17.9 Å². The number of carbonyl (C=O) groups excluding carboxylic acids is 2. The molecule has 0 spiro atoms. The number of thioether (sulfide) groups is 1. The lowest BCUT2D eigenvalue weighted by Crippen LogP contribution is -2.37. The summed E-state index contributed by atoms with van der Waals surface area (Å²) in [4.78, 5) is 29.8. The molecule has 0 aromatic heterocycles. The number of nitrogens with zero attached hydrogens (tertiary/aromatic N) is 2. The molecule has 0 unspecified atom stereocenters. The van der Waals surface area contributed by atoms with Gasteiger partial charge in [0, 0.05) is 31.1 Å². The van der Waals surface area contributed by atoms with Crippen LogP contribution in [0.3, 0.4) is 0 Å². The van der Waals surface area contributed by atoms with Crippen molar-refractivity contribution in [3.05, 3.63) is 54.1 Å². The summed E-state index contributed by atoms with van der Waals surface area (Å²) in [7, 11) is 3.19. The number of hydrogen-bond acceptors (Lipinski definition) is 7.